The van der Waals surface area contributed by atoms with Gasteiger partial charge in [-0.05, 0) is 55.6 Å². The van der Waals surface area contributed by atoms with Crippen LogP contribution < -0.4 is 5.32 Å². The summed E-state index contributed by atoms with van der Waals surface area (Å²) >= 11 is 6.04. The monoisotopic (exact) mass is 305 g/mol. The molecule has 0 aliphatic carbocycles. The van der Waals surface area contributed by atoms with Crippen LogP contribution in [-0.2, 0) is 6.42 Å². The number of benzene rings is 2. The third-order valence-electron chi connectivity index (χ3n) is 3.50. The maximum absolute atomic E-state index is 14.2. The molecule has 112 valence electrons. The van der Waals surface area contributed by atoms with E-state index >= 15 is 0 Å². The molecule has 21 heavy (non-hydrogen) atoms. The molecule has 0 bridgehead atoms. The van der Waals surface area contributed by atoms with Crippen LogP contribution in [0.3, 0.4) is 0 Å². The summed E-state index contributed by atoms with van der Waals surface area (Å²) in [6, 6.07) is 13.1. The Bertz CT molecular complexity index is 598. The molecule has 2 aromatic carbocycles. The average Bonchev–Trinajstić information content (AvgIpc) is 2.44. The second-order valence-electron chi connectivity index (χ2n) is 5.37. The molecule has 0 aliphatic heterocycles. The summed E-state index contributed by atoms with van der Waals surface area (Å²) in [6.07, 6.45) is 1.74. The fourth-order valence-corrected chi connectivity index (χ4v) is 2.64. The summed E-state index contributed by atoms with van der Waals surface area (Å²) in [4.78, 5) is 0. The molecule has 1 atom stereocenters. The van der Waals surface area contributed by atoms with Crippen LogP contribution in [0.2, 0.25) is 5.02 Å². The summed E-state index contributed by atoms with van der Waals surface area (Å²) in [5.41, 5.74) is 2.76. The van der Waals surface area contributed by atoms with Gasteiger partial charge in [-0.2, -0.15) is 0 Å². The molecule has 2 rings (SSSR count). The van der Waals surface area contributed by atoms with E-state index < -0.39 is 0 Å². The smallest absolute Gasteiger partial charge is 0.128 e. The van der Waals surface area contributed by atoms with Crippen LogP contribution in [0.4, 0.5) is 4.39 Å². The normalized spacial score (nSPS) is 12.4. The summed E-state index contributed by atoms with van der Waals surface area (Å²) in [5, 5.41) is 4.14. The maximum atomic E-state index is 14.2. The van der Waals surface area contributed by atoms with Crippen molar-refractivity contribution in [1.82, 2.24) is 5.32 Å². The molecule has 0 amide bonds. The molecule has 0 saturated heterocycles. The van der Waals surface area contributed by atoms with Crippen LogP contribution in [0.25, 0.3) is 0 Å². The number of nitrogens with one attached hydrogen (secondary N) is 1. The minimum atomic E-state index is -0.148. The lowest BCUT2D eigenvalue weighted by Gasteiger charge is -2.20. The lowest BCUT2D eigenvalue weighted by molar-refractivity contribution is 0.497. The molecule has 0 aliphatic rings. The molecule has 0 aromatic heterocycles. The van der Waals surface area contributed by atoms with Crippen LogP contribution in [-0.4, -0.2) is 6.54 Å². The van der Waals surface area contributed by atoms with E-state index in [4.69, 9.17) is 11.6 Å². The SMILES string of the molecule is CCCNC(Cc1cccc(Cl)c1)c1ccc(C)cc1F. The number of hydrogen-bond donors (Lipinski definition) is 1. The molecule has 0 saturated carbocycles. The Labute approximate surface area is 131 Å². The Morgan fingerprint density at radius 3 is 2.67 bits per heavy atom. The van der Waals surface area contributed by atoms with E-state index in [9.17, 15) is 4.39 Å². The zero-order chi connectivity index (χ0) is 15.2. The molecule has 0 heterocycles. The highest BCUT2D eigenvalue weighted by molar-refractivity contribution is 6.30. The van der Waals surface area contributed by atoms with Gasteiger partial charge in [-0.1, -0.05) is 42.8 Å². The zero-order valence-electron chi connectivity index (χ0n) is 12.5. The van der Waals surface area contributed by atoms with E-state index in [2.05, 4.69) is 12.2 Å². The van der Waals surface area contributed by atoms with Crippen LogP contribution in [0.1, 0.15) is 36.1 Å². The summed E-state index contributed by atoms with van der Waals surface area (Å²) in [5.74, 6) is -0.148. The molecular weight excluding hydrogens is 285 g/mol. The fourth-order valence-electron chi connectivity index (χ4n) is 2.43. The largest absolute Gasteiger partial charge is 0.310 e. The van der Waals surface area contributed by atoms with Crippen molar-refractivity contribution in [2.75, 3.05) is 6.54 Å². The second kappa shape index (κ2) is 7.58. The van der Waals surface area contributed by atoms with E-state index in [1.54, 1.807) is 6.07 Å². The van der Waals surface area contributed by atoms with Gasteiger partial charge in [0, 0.05) is 16.6 Å². The molecule has 1 nitrogen and oxygen atoms in total. The first-order chi connectivity index (χ1) is 10.1. The van der Waals surface area contributed by atoms with Gasteiger partial charge in [-0.15, -0.1) is 0 Å². The van der Waals surface area contributed by atoms with E-state index in [1.165, 1.54) is 0 Å². The zero-order valence-corrected chi connectivity index (χ0v) is 13.3. The van der Waals surface area contributed by atoms with Crippen molar-refractivity contribution in [2.24, 2.45) is 0 Å². The molecule has 2 aromatic rings. The van der Waals surface area contributed by atoms with Gasteiger partial charge in [0.25, 0.3) is 0 Å². The Morgan fingerprint density at radius 2 is 2.00 bits per heavy atom. The van der Waals surface area contributed by atoms with Gasteiger partial charge in [0.1, 0.15) is 5.82 Å². The highest BCUT2D eigenvalue weighted by Gasteiger charge is 2.16. The Kier molecular flexibility index (Phi) is 5.77. The predicted octanol–water partition coefficient (Wildman–Crippen LogP) is 5.07. The first-order valence-electron chi connectivity index (χ1n) is 7.34. The van der Waals surface area contributed by atoms with Crippen molar-refractivity contribution < 1.29 is 4.39 Å². The third-order valence-corrected chi connectivity index (χ3v) is 3.74. The minimum Gasteiger partial charge on any atom is -0.310 e. The van der Waals surface area contributed by atoms with Gasteiger partial charge in [-0.25, -0.2) is 4.39 Å². The fraction of sp³-hybridized carbons (Fsp3) is 0.333. The topological polar surface area (TPSA) is 12.0 Å². The average molecular weight is 306 g/mol. The number of hydrogen-bond acceptors (Lipinski definition) is 1. The molecule has 1 N–H and O–H groups in total. The second-order valence-corrected chi connectivity index (χ2v) is 5.80. The van der Waals surface area contributed by atoms with Crippen LogP contribution in [0, 0.1) is 12.7 Å². The first kappa shape index (κ1) is 16.0. The molecule has 0 radical (unpaired) electrons. The maximum Gasteiger partial charge on any atom is 0.128 e. The van der Waals surface area contributed by atoms with Crippen LogP contribution in [0.5, 0.6) is 0 Å². The van der Waals surface area contributed by atoms with Gasteiger partial charge in [0.2, 0.25) is 0 Å². The standard InChI is InChI=1S/C18H21ClFN/c1-3-9-21-18(12-14-5-4-6-15(19)11-14)16-8-7-13(2)10-17(16)20/h4-8,10-11,18,21H,3,9,12H2,1-2H3. The van der Waals surface area contributed by atoms with E-state index in [-0.39, 0.29) is 11.9 Å². The van der Waals surface area contributed by atoms with Crippen molar-refractivity contribution in [2.45, 2.75) is 32.7 Å². The van der Waals surface area contributed by atoms with Crippen molar-refractivity contribution in [1.29, 1.82) is 0 Å². The number of aryl methyl sites for hydroxylation is 1. The lowest BCUT2D eigenvalue weighted by atomic mass is 9.97. The molecule has 1 unspecified atom stereocenters. The summed E-state index contributed by atoms with van der Waals surface area (Å²) < 4.78 is 14.2. The molecule has 3 heteroatoms. The van der Waals surface area contributed by atoms with Crippen molar-refractivity contribution >= 4 is 11.6 Å². The Balaban J connectivity index is 2.25. The highest BCUT2D eigenvalue weighted by Crippen LogP contribution is 2.23. The van der Waals surface area contributed by atoms with Crippen molar-refractivity contribution in [3.8, 4) is 0 Å². The predicted molar refractivity (Wildman–Crippen MR) is 87.3 cm³/mol. The summed E-state index contributed by atoms with van der Waals surface area (Å²) in [6.45, 7) is 4.87. The first-order valence-corrected chi connectivity index (χ1v) is 7.72. The minimum absolute atomic E-state index is 0.0379. The summed E-state index contributed by atoms with van der Waals surface area (Å²) in [7, 11) is 0. The van der Waals surface area contributed by atoms with Crippen LogP contribution in [0.15, 0.2) is 42.5 Å². The van der Waals surface area contributed by atoms with Gasteiger partial charge < -0.3 is 5.32 Å². The Morgan fingerprint density at radius 1 is 1.19 bits per heavy atom. The van der Waals surface area contributed by atoms with Crippen molar-refractivity contribution in [3.63, 3.8) is 0 Å². The third kappa shape index (κ3) is 4.55. The van der Waals surface area contributed by atoms with Gasteiger partial charge in [0.05, 0.1) is 0 Å². The van der Waals surface area contributed by atoms with Gasteiger partial charge >= 0.3 is 0 Å². The van der Waals surface area contributed by atoms with Gasteiger partial charge in [-0.3, -0.25) is 0 Å². The molecule has 0 spiro atoms. The van der Waals surface area contributed by atoms with E-state index in [1.807, 2.05) is 43.3 Å². The highest BCUT2D eigenvalue weighted by atomic mass is 35.5. The Hall–Kier alpha value is -1.38. The number of rotatable bonds is 6. The molecular formula is C18H21ClFN. The molecule has 0 fully saturated rings. The van der Waals surface area contributed by atoms with E-state index in [0.29, 0.717) is 10.6 Å². The van der Waals surface area contributed by atoms with Gasteiger partial charge in [0.15, 0.2) is 0 Å². The quantitative estimate of drug-likeness (QED) is 0.785. The lowest BCUT2D eigenvalue weighted by Crippen LogP contribution is -2.25. The van der Waals surface area contributed by atoms with Crippen LogP contribution >= 0.6 is 11.6 Å². The number of halogens is 2. The van der Waals surface area contributed by atoms with E-state index in [0.717, 1.165) is 30.5 Å². The van der Waals surface area contributed by atoms with Crippen molar-refractivity contribution in [3.05, 3.63) is 70.0 Å².